The van der Waals surface area contributed by atoms with E-state index >= 15 is 0 Å². The standard InChI is InChI=1S/C38H36FN3O5S/c1-6-45-30-16-12-26(13-17-30)35-34(37(44)46-7-2)24(4)40-38-42(35)36(43)33(48-38)21-28-20-23(3)41(25(28)5)29-14-18-31(19-15-29)47-22-27-10-8-9-11-32(27)39/h8-21,35H,6-7,22H2,1-5H3/b33-21-/t35-/m0/s1. The molecule has 3 aromatic carbocycles. The Morgan fingerprint density at radius 3 is 2.31 bits per heavy atom. The Balaban J connectivity index is 1.35. The van der Waals surface area contributed by atoms with Crippen LogP contribution in [0, 0.1) is 19.7 Å². The number of allylic oxidation sites excluding steroid dienone is 1. The highest BCUT2D eigenvalue weighted by molar-refractivity contribution is 7.07. The first-order chi connectivity index (χ1) is 23.2. The lowest BCUT2D eigenvalue weighted by atomic mass is 9.96. The number of ether oxygens (including phenoxy) is 3. The highest BCUT2D eigenvalue weighted by Crippen LogP contribution is 2.32. The minimum atomic E-state index is -0.704. The van der Waals surface area contributed by atoms with E-state index in [0.29, 0.717) is 44.3 Å². The first kappa shape index (κ1) is 32.7. The minimum Gasteiger partial charge on any atom is -0.494 e. The number of esters is 1. The Morgan fingerprint density at radius 1 is 0.938 bits per heavy atom. The fourth-order valence-electron chi connectivity index (χ4n) is 5.96. The molecule has 5 aromatic rings. The van der Waals surface area contributed by atoms with Gasteiger partial charge in [0.05, 0.1) is 35.1 Å². The van der Waals surface area contributed by atoms with Crippen molar-refractivity contribution in [3.63, 3.8) is 0 Å². The van der Waals surface area contributed by atoms with Gasteiger partial charge in [-0.05, 0) is 100 Å². The van der Waals surface area contributed by atoms with Gasteiger partial charge in [0.1, 0.15) is 23.9 Å². The van der Waals surface area contributed by atoms with Crippen molar-refractivity contribution < 1.29 is 23.4 Å². The van der Waals surface area contributed by atoms with Crippen LogP contribution in [-0.2, 0) is 16.1 Å². The molecule has 8 nitrogen and oxygen atoms in total. The second-order valence-electron chi connectivity index (χ2n) is 11.3. The Kier molecular flexibility index (Phi) is 9.45. The van der Waals surface area contributed by atoms with Gasteiger partial charge in [-0.2, -0.15) is 0 Å². The summed E-state index contributed by atoms with van der Waals surface area (Å²) in [6.45, 7) is 10.3. The summed E-state index contributed by atoms with van der Waals surface area (Å²) < 4.78 is 35.1. The number of thiazole rings is 1. The Labute approximate surface area is 281 Å². The van der Waals surface area contributed by atoms with E-state index in [1.54, 1.807) is 36.6 Å². The topological polar surface area (TPSA) is 84.0 Å². The quantitative estimate of drug-likeness (QED) is 0.163. The van der Waals surface area contributed by atoms with E-state index in [-0.39, 0.29) is 24.6 Å². The number of aromatic nitrogens is 2. The summed E-state index contributed by atoms with van der Waals surface area (Å²) in [6.07, 6.45) is 1.88. The third-order valence-electron chi connectivity index (χ3n) is 8.23. The van der Waals surface area contributed by atoms with Crippen molar-refractivity contribution in [2.75, 3.05) is 13.2 Å². The van der Waals surface area contributed by atoms with Gasteiger partial charge in [0.2, 0.25) is 0 Å². The molecule has 2 aromatic heterocycles. The van der Waals surface area contributed by atoms with Crippen LogP contribution >= 0.6 is 11.3 Å². The molecular formula is C38H36FN3O5S. The third kappa shape index (κ3) is 6.35. The molecule has 0 unspecified atom stereocenters. The van der Waals surface area contributed by atoms with E-state index in [0.717, 1.165) is 28.2 Å². The molecule has 0 fully saturated rings. The van der Waals surface area contributed by atoms with E-state index < -0.39 is 12.0 Å². The number of hydrogen-bond donors (Lipinski definition) is 0. The molecule has 0 aliphatic carbocycles. The molecule has 0 amide bonds. The van der Waals surface area contributed by atoms with Gasteiger partial charge < -0.3 is 18.8 Å². The van der Waals surface area contributed by atoms with E-state index in [1.165, 1.54) is 17.4 Å². The summed E-state index contributed by atoms with van der Waals surface area (Å²) >= 11 is 1.29. The van der Waals surface area contributed by atoms with Gasteiger partial charge in [0, 0.05) is 22.6 Å². The molecule has 1 aliphatic rings. The van der Waals surface area contributed by atoms with Crippen LogP contribution in [-0.4, -0.2) is 28.3 Å². The van der Waals surface area contributed by atoms with Crippen molar-refractivity contribution in [3.8, 4) is 17.2 Å². The number of carbonyl (C=O) groups is 1. The summed E-state index contributed by atoms with van der Waals surface area (Å²) in [6, 6.07) is 22.9. The lowest BCUT2D eigenvalue weighted by molar-refractivity contribution is -0.139. The van der Waals surface area contributed by atoms with Crippen molar-refractivity contribution in [2.24, 2.45) is 4.99 Å². The predicted molar refractivity (Wildman–Crippen MR) is 184 cm³/mol. The monoisotopic (exact) mass is 665 g/mol. The average molecular weight is 666 g/mol. The van der Waals surface area contributed by atoms with Gasteiger partial charge in [0.15, 0.2) is 4.80 Å². The highest BCUT2D eigenvalue weighted by Gasteiger charge is 2.33. The molecule has 10 heteroatoms. The number of rotatable bonds is 10. The molecule has 6 rings (SSSR count). The zero-order chi connectivity index (χ0) is 33.9. The molecule has 0 bridgehead atoms. The summed E-state index contributed by atoms with van der Waals surface area (Å²) in [5, 5.41) is 0. The average Bonchev–Trinajstić information content (AvgIpc) is 3.53. The largest absolute Gasteiger partial charge is 0.494 e. The Hall–Kier alpha value is -5.22. The number of fused-ring (bicyclic) bond motifs is 1. The van der Waals surface area contributed by atoms with Crippen molar-refractivity contribution in [3.05, 3.63) is 144 Å². The highest BCUT2D eigenvalue weighted by atomic mass is 32.1. The molecule has 1 aliphatic heterocycles. The summed E-state index contributed by atoms with van der Waals surface area (Å²) in [7, 11) is 0. The molecule has 0 spiro atoms. The molecule has 0 N–H and O–H groups in total. The van der Waals surface area contributed by atoms with Gasteiger partial charge in [-0.25, -0.2) is 14.2 Å². The molecule has 0 saturated heterocycles. The van der Waals surface area contributed by atoms with E-state index in [4.69, 9.17) is 19.2 Å². The molecule has 1 atom stereocenters. The first-order valence-corrected chi connectivity index (χ1v) is 16.6. The number of carbonyl (C=O) groups excluding carboxylic acids is 1. The maximum Gasteiger partial charge on any atom is 0.338 e. The lowest BCUT2D eigenvalue weighted by Crippen LogP contribution is -2.39. The van der Waals surface area contributed by atoms with Crippen LogP contribution in [0.2, 0.25) is 0 Å². The molecule has 0 saturated carbocycles. The van der Waals surface area contributed by atoms with Crippen LogP contribution in [0.15, 0.2) is 99.9 Å². The molecule has 246 valence electrons. The number of halogens is 1. The fraction of sp³-hybridized carbons (Fsp3) is 0.237. The normalized spacial score (nSPS) is 14.5. The van der Waals surface area contributed by atoms with Gasteiger partial charge >= 0.3 is 5.97 Å². The van der Waals surface area contributed by atoms with Gasteiger partial charge in [-0.3, -0.25) is 9.36 Å². The molecule has 48 heavy (non-hydrogen) atoms. The number of aryl methyl sites for hydroxylation is 1. The van der Waals surface area contributed by atoms with Gasteiger partial charge in [-0.15, -0.1) is 0 Å². The maximum absolute atomic E-state index is 14.1. The van der Waals surface area contributed by atoms with Crippen LogP contribution in [0.25, 0.3) is 11.8 Å². The van der Waals surface area contributed by atoms with Gasteiger partial charge in [0.25, 0.3) is 5.56 Å². The van der Waals surface area contributed by atoms with Crippen LogP contribution in [0.3, 0.4) is 0 Å². The maximum atomic E-state index is 14.1. The summed E-state index contributed by atoms with van der Waals surface area (Å²) in [4.78, 5) is 32.6. The Bertz CT molecular complexity index is 2190. The second kappa shape index (κ2) is 13.9. The van der Waals surface area contributed by atoms with E-state index in [1.807, 2.05) is 81.4 Å². The fourth-order valence-corrected chi connectivity index (χ4v) is 7.00. The molecule has 0 radical (unpaired) electrons. The van der Waals surface area contributed by atoms with Crippen LogP contribution < -0.4 is 24.4 Å². The second-order valence-corrected chi connectivity index (χ2v) is 12.3. The van der Waals surface area contributed by atoms with Crippen molar-refractivity contribution in [1.29, 1.82) is 0 Å². The van der Waals surface area contributed by atoms with Crippen LogP contribution in [0.1, 0.15) is 54.9 Å². The lowest BCUT2D eigenvalue weighted by Gasteiger charge is -2.24. The van der Waals surface area contributed by atoms with E-state index in [9.17, 15) is 14.0 Å². The van der Waals surface area contributed by atoms with Crippen molar-refractivity contribution in [1.82, 2.24) is 9.13 Å². The SMILES string of the molecule is CCOC(=O)C1=C(C)N=c2s/c(=C\c3cc(C)n(-c4ccc(OCc5ccccc5F)cc4)c3C)c(=O)n2[C@H]1c1ccc(OCC)cc1. The van der Waals surface area contributed by atoms with Crippen LogP contribution in [0.5, 0.6) is 11.5 Å². The minimum absolute atomic E-state index is 0.134. The smallest absolute Gasteiger partial charge is 0.338 e. The van der Waals surface area contributed by atoms with Crippen LogP contribution in [0.4, 0.5) is 4.39 Å². The third-order valence-corrected chi connectivity index (χ3v) is 9.21. The Morgan fingerprint density at radius 2 is 1.62 bits per heavy atom. The summed E-state index contributed by atoms with van der Waals surface area (Å²) in [5.74, 6) is 0.533. The molecular weight excluding hydrogens is 629 g/mol. The molecule has 3 heterocycles. The van der Waals surface area contributed by atoms with Gasteiger partial charge in [-0.1, -0.05) is 41.7 Å². The predicted octanol–water partition coefficient (Wildman–Crippen LogP) is 6.32. The summed E-state index contributed by atoms with van der Waals surface area (Å²) in [5.41, 5.74) is 5.59. The zero-order valence-corrected chi connectivity index (χ0v) is 28.3. The number of hydrogen-bond acceptors (Lipinski definition) is 7. The zero-order valence-electron chi connectivity index (χ0n) is 27.5. The first-order valence-electron chi connectivity index (χ1n) is 15.8. The van der Waals surface area contributed by atoms with Crippen molar-refractivity contribution in [2.45, 2.75) is 47.3 Å². The number of nitrogens with zero attached hydrogens (tertiary/aromatic N) is 3. The van der Waals surface area contributed by atoms with E-state index in [2.05, 4.69) is 4.57 Å². The van der Waals surface area contributed by atoms with Crippen molar-refractivity contribution >= 4 is 23.4 Å². The number of benzene rings is 3.